The summed E-state index contributed by atoms with van der Waals surface area (Å²) in [5.74, 6) is 0.352. The minimum atomic E-state index is -0.723. The third-order valence-electron chi connectivity index (χ3n) is 6.10. The number of H-pyrrole nitrogens is 2. The Morgan fingerprint density at radius 2 is 2.00 bits per heavy atom. The van der Waals surface area contributed by atoms with Crippen molar-refractivity contribution in [3.8, 4) is 17.3 Å². The molecule has 0 amide bonds. The van der Waals surface area contributed by atoms with Crippen molar-refractivity contribution in [2.75, 3.05) is 13.7 Å². The van der Waals surface area contributed by atoms with Crippen LogP contribution in [-0.4, -0.2) is 33.3 Å². The Morgan fingerprint density at radius 3 is 2.78 bits per heavy atom. The summed E-state index contributed by atoms with van der Waals surface area (Å²) in [6.07, 6.45) is 0.796. The number of aromatic amines is 2. The first-order valence-corrected chi connectivity index (χ1v) is 10.6. The number of nitrogens with zero attached hydrogens (tertiary/aromatic N) is 1. The van der Waals surface area contributed by atoms with Gasteiger partial charge < -0.3 is 20.1 Å². The summed E-state index contributed by atoms with van der Waals surface area (Å²) in [4.78, 5) is 31.4. The van der Waals surface area contributed by atoms with E-state index in [1.54, 1.807) is 32.2 Å². The van der Waals surface area contributed by atoms with Gasteiger partial charge in [0, 0.05) is 22.3 Å². The minimum absolute atomic E-state index is 0.114. The van der Waals surface area contributed by atoms with Crippen molar-refractivity contribution in [1.82, 2.24) is 14.5 Å². The van der Waals surface area contributed by atoms with E-state index in [9.17, 15) is 14.7 Å². The molecule has 164 valence electrons. The Bertz CT molecular complexity index is 1480. The van der Waals surface area contributed by atoms with Crippen molar-refractivity contribution in [2.45, 2.75) is 19.4 Å². The van der Waals surface area contributed by atoms with Crippen molar-refractivity contribution < 1.29 is 15.2 Å². The molecule has 0 fully saturated rings. The quantitative estimate of drug-likeness (QED) is 0.379. The van der Waals surface area contributed by atoms with Crippen LogP contribution in [0.25, 0.3) is 16.6 Å². The Hall–Kier alpha value is -3.49. The normalized spacial score (nSPS) is 15.7. The highest BCUT2D eigenvalue weighted by Crippen LogP contribution is 2.34. The van der Waals surface area contributed by atoms with Crippen molar-refractivity contribution in [3.63, 3.8) is 0 Å². The minimum Gasteiger partial charge on any atom is -0.497 e. The van der Waals surface area contributed by atoms with E-state index in [1.807, 2.05) is 23.5 Å². The van der Waals surface area contributed by atoms with Crippen LogP contribution in [0.3, 0.4) is 0 Å². The molecule has 0 unspecified atom stereocenters. The highest BCUT2D eigenvalue weighted by atomic mass is 35.5. The van der Waals surface area contributed by atoms with Crippen LogP contribution in [0.1, 0.15) is 28.4 Å². The van der Waals surface area contributed by atoms with Crippen LogP contribution in [0, 0.1) is 6.92 Å². The molecule has 4 aromatic rings. The molecule has 0 spiro atoms. The number of ether oxygens (including phenoxy) is 1. The molecule has 1 atom stereocenters. The summed E-state index contributed by atoms with van der Waals surface area (Å²) < 4.78 is 6.47. The largest absolute Gasteiger partial charge is 0.497 e. The van der Waals surface area contributed by atoms with Crippen LogP contribution >= 0.6 is 11.6 Å². The van der Waals surface area contributed by atoms with Crippen molar-refractivity contribution in [1.29, 1.82) is 0 Å². The lowest BCUT2D eigenvalue weighted by molar-refractivity contribution is -0.690. The number of hydrogen-bond donors (Lipinski definition) is 4. The number of aromatic nitrogens is 3. The molecule has 32 heavy (non-hydrogen) atoms. The molecule has 3 heterocycles. The molecule has 2 aromatic heterocycles. The number of halogens is 1. The number of methoxy groups -OCH3 is 1. The molecule has 0 radical (unpaired) electrons. The van der Waals surface area contributed by atoms with Gasteiger partial charge in [0.1, 0.15) is 11.3 Å². The fraction of sp³-hybridized carbons (Fsp3) is 0.217. The van der Waals surface area contributed by atoms with Crippen LogP contribution in [0.5, 0.6) is 11.6 Å². The van der Waals surface area contributed by atoms with Crippen LogP contribution in [0.4, 0.5) is 0 Å². The maximum Gasteiger partial charge on any atom is 0.335 e. The van der Waals surface area contributed by atoms with Gasteiger partial charge >= 0.3 is 5.69 Å². The van der Waals surface area contributed by atoms with Gasteiger partial charge in [0.2, 0.25) is 5.88 Å². The summed E-state index contributed by atoms with van der Waals surface area (Å²) in [5.41, 5.74) is 2.74. The van der Waals surface area contributed by atoms with Crippen LogP contribution < -0.4 is 21.3 Å². The monoisotopic (exact) mass is 453 g/mol. The summed E-state index contributed by atoms with van der Waals surface area (Å²) in [7, 11) is 1.62. The fourth-order valence-electron chi connectivity index (χ4n) is 4.55. The molecule has 0 saturated carbocycles. The third kappa shape index (κ3) is 3.11. The first kappa shape index (κ1) is 20.4. The molecule has 9 heteroatoms. The van der Waals surface area contributed by atoms with E-state index in [0.29, 0.717) is 10.7 Å². The number of hydrogen-bond acceptors (Lipinski definition) is 4. The Labute approximate surface area is 187 Å². The van der Waals surface area contributed by atoms with Gasteiger partial charge in [-0.1, -0.05) is 17.7 Å². The molecule has 1 aliphatic heterocycles. The number of aryl methyl sites for hydroxylation is 1. The van der Waals surface area contributed by atoms with Crippen LogP contribution in [-0.2, 0) is 6.42 Å². The van der Waals surface area contributed by atoms with Gasteiger partial charge in [-0.05, 0) is 48.4 Å². The summed E-state index contributed by atoms with van der Waals surface area (Å²) in [5, 5.41) is 14.6. The zero-order valence-corrected chi connectivity index (χ0v) is 18.3. The second-order valence-electron chi connectivity index (χ2n) is 7.94. The topological polar surface area (TPSA) is 117 Å². The van der Waals surface area contributed by atoms with E-state index in [4.69, 9.17) is 16.3 Å². The van der Waals surface area contributed by atoms with E-state index in [1.165, 1.54) is 0 Å². The number of quaternary nitrogens is 1. The zero-order chi connectivity index (χ0) is 22.6. The smallest absolute Gasteiger partial charge is 0.335 e. The number of aromatic hydroxyl groups is 1. The van der Waals surface area contributed by atoms with Crippen LogP contribution in [0.2, 0.25) is 5.02 Å². The van der Waals surface area contributed by atoms with E-state index in [-0.39, 0.29) is 5.56 Å². The van der Waals surface area contributed by atoms with E-state index >= 15 is 0 Å². The molecular formula is C23H22ClN4O4+. The molecule has 1 aliphatic rings. The van der Waals surface area contributed by atoms with Gasteiger partial charge in [-0.2, -0.15) is 0 Å². The highest BCUT2D eigenvalue weighted by Gasteiger charge is 2.34. The Balaban J connectivity index is 1.75. The molecule has 8 nitrogen and oxygen atoms in total. The number of fused-ring (bicyclic) bond motifs is 3. The predicted molar refractivity (Wildman–Crippen MR) is 121 cm³/mol. The summed E-state index contributed by atoms with van der Waals surface area (Å²) in [6, 6.07) is 10.3. The second kappa shape index (κ2) is 7.58. The predicted octanol–water partition coefficient (Wildman–Crippen LogP) is 1.89. The Kier molecular flexibility index (Phi) is 4.83. The summed E-state index contributed by atoms with van der Waals surface area (Å²) >= 11 is 6.14. The van der Waals surface area contributed by atoms with Crippen molar-refractivity contribution in [3.05, 3.63) is 84.6 Å². The maximum absolute atomic E-state index is 12.9. The number of benzene rings is 2. The van der Waals surface area contributed by atoms with Gasteiger partial charge in [-0.3, -0.25) is 9.78 Å². The second-order valence-corrected chi connectivity index (χ2v) is 8.38. The summed E-state index contributed by atoms with van der Waals surface area (Å²) in [6.45, 7) is 2.52. The first-order valence-electron chi connectivity index (χ1n) is 10.3. The van der Waals surface area contributed by atoms with Gasteiger partial charge in [-0.15, -0.1) is 0 Å². The molecule has 5 rings (SSSR count). The molecule has 2 aromatic carbocycles. The zero-order valence-electron chi connectivity index (χ0n) is 17.5. The van der Waals surface area contributed by atoms with Gasteiger partial charge in [0.15, 0.2) is 6.04 Å². The standard InChI is InChI=1S/C23H21ClN4O4/c1-11-3-4-12(24)9-17(11)28-22(30)18(21(29)27-23(28)31)20-19-14(7-8-25-20)15-10-13(32-2)5-6-16(15)26-19/h3-6,9-10,20,25-26,30H,7-8H2,1-2H3,(H,27,29,31)/p+1/t20-/m0/s1. The van der Waals surface area contributed by atoms with Gasteiger partial charge in [0.25, 0.3) is 5.56 Å². The number of nitrogens with one attached hydrogen (secondary N) is 2. The van der Waals surface area contributed by atoms with E-state index < -0.39 is 23.2 Å². The molecular weight excluding hydrogens is 432 g/mol. The van der Waals surface area contributed by atoms with Crippen molar-refractivity contribution in [2.24, 2.45) is 0 Å². The molecule has 5 N–H and O–H groups in total. The lowest BCUT2D eigenvalue weighted by Crippen LogP contribution is -2.87. The van der Waals surface area contributed by atoms with Crippen LogP contribution in [0.15, 0.2) is 46.0 Å². The van der Waals surface area contributed by atoms with Gasteiger partial charge in [0.05, 0.1) is 25.0 Å². The van der Waals surface area contributed by atoms with E-state index in [2.05, 4.69) is 9.97 Å². The molecule has 0 bridgehead atoms. The fourth-order valence-corrected chi connectivity index (χ4v) is 4.72. The lowest BCUT2D eigenvalue weighted by Gasteiger charge is -2.22. The average molecular weight is 454 g/mol. The van der Waals surface area contributed by atoms with E-state index in [0.717, 1.165) is 51.0 Å². The molecule has 0 saturated heterocycles. The Morgan fingerprint density at radius 1 is 1.19 bits per heavy atom. The first-order chi connectivity index (χ1) is 15.4. The third-order valence-corrected chi connectivity index (χ3v) is 6.33. The number of rotatable bonds is 3. The SMILES string of the molecule is COc1ccc2[nH]c3c(c2c1)CC[NH2+][C@H]3c1c(O)n(-c2cc(Cl)ccc2C)c(=O)[nH]c1=O. The van der Waals surface area contributed by atoms with Gasteiger partial charge in [-0.25, -0.2) is 9.36 Å². The number of nitrogens with two attached hydrogens (primary N) is 1. The molecule has 0 aliphatic carbocycles. The van der Waals surface area contributed by atoms with Crippen molar-refractivity contribution >= 4 is 22.5 Å². The lowest BCUT2D eigenvalue weighted by atomic mass is 9.95. The average Bonchev–Trinajstić information content (AvgIpc) is 3.14. The maximum atomic E-state index is 12.9. The highest BCUT2D eigenvalue weighted by molar-refractivity contribution is 6.30.